The molecule has 0 bridgehead atoms. The lowest BCUT2D eigenvalue weighted by Gasteiger charge is -2.13. The molecule has 162 valence electrons. The van der Waals surface area contributed by atoms with E-state index >= 15 is 0 Å². The number of fused-ring (bicyclic) bond motifs is 1. The maximum Gasteiger partial charge on any atom is 0.222 e. The molecule has 3 N–H and O–H groups in total. The molecule has 0 saturated heterocycles. The van der Waals surface area contributed by atoms with Crippen LogP contribution in [-0.4, -0.2) is 25.5 Å². The Hall–Kier alpha value is -4.72. The van der Waals surface area contributed by atoms with E-state index in [0.29, 0.717) is 28.7 Å². The summed E-state index contributed by atoms with van der Waals surface area (Å²) in [6, 6.07) is 22.9. The van der Waals surface area contributed by atoms with E-state index < -0.39 is 0 Å². The number of carbonyl (C=O) groups is 1. The van der Waals surface area contributed by atoms with E-state index in [1.165, 1.54) is 6.92 Å². The predicted octanol–water partition coefficient (Wildman–Crippen LogP) is 4.79. The number of ether oxygens (including phenoxy) is 1. The molecule has 0 aliphatic carbocycles. The number of nitrogens with two attached hydrogens (primary N) is 1. The van der Waals surface area contributed by atoms with Crippen LogP contribution in [-0.2, 0) is 4.79 Å². The first-order chi connectivity index (χ1) is 16.1. The van der Waals surface area contributed by atoms with E-state index in [1.807, 2.05) is 72.8 Å². The standard InChI is InChI=1S/C25H20N6O2/c1-16(32)28-23-15-31-24(29-23)12-11-21(30-31)17-13-20(25(26)27-14-17)19-9-5-6-10-22(19)33-18-7-3-2-4-8-18/h2-15H,1H3,(H2,26,27)(H,28,32). The van der Waals surface area contributed by atoms with Crippen LogP contribution in [0, 0.1) is 0 Å². The van der Waals surface area contributed by atoms with Crippen LogP contribution in [0.3, 0.4) is 0 Å². The highest BCUT2D eigenvalue weighted by atomic mass is 16.5. The van der Waals surface area contributed by atoms with Crippen molar-refractivity contribution in [3.63, 3.8) is 0 Å². The summed E-state index contributed by atoms with van der Waals surface area (Å²) in [7, 11) is 0. The zero-order valence-corrected chi connectivity index (χ0v) is 17.8. The normalized spacial score (nSPS) is 10.8. The third-order valence-corrected chi connectivity index (χ3v) is 4.99. The summed E-state index contributed by atoms with van der Waals surface area (Å²) in [5, 5.41) is 7.28. The van der Waals surface area contributed by atoms with Crippen LogP contribution in [0.1, 0.15) is 6.92 Å². The monoisotopic (exact) mass is 436 g/mol. The van der Waals surface area contributed by atoms with Crippen LogP contribution in [0.4, 0.5) is 11.6 Å². The van der Waals surface area contributed by atoms with E-state index in [9.17, 15) is 4.79 Å². The third-order valence-electron chi connectivity index (χ3n) is 4.99. The average molecular weight is 436 g/mol. The number of carbonyl (C=O) groups excluding carboxylic acids is 1. The van der Waals surface area contributed by atoms with Gasteiger partial charge in [0.2, 0.25) is 5.91 Å². The first kappa shape index (κ1) is 20.2. The zero-order chi connectivity index (χ0) is 22.8. The SMILES string of the molecule is CC(=O)Nc1cn2nc(-c3cnc(N)c(-c4ccccc4Oc4ccccc4)c3)ccc2n1. The fourth-order valence-corrected chi connectivity index (χ4v) is 3.50. The lowest BCUT2D eigenvalue weighted by atomic mass is 10.0. The summed E-state index contributed by atoms with van der Waals surface area (Å²) in [6.45, 7) is 1.43. The highest BCUT2D eigenvalue weighted by Gasteiger charge is 2.14. The molecule has 8 heteroatoms. The summed E-state index contributed by atoms with van der Waals surface area (Å²) in [4.78, 5) is 20.1. The summed E-state index contributed by atoms with van der Waals surface area (Å²) in [5.41, 5.74) is 9.91. The molecular formula is C25H20N6O2. The van der Waals surface area contributed by atoms with E-state index in [0.717, 1.165) is 22.4 Å². The molecule has 0 aliphatic rings. The Morgan fingerprint density at radius 3 is 2.61 bits per heavy atom. The molecule has 33 heavy (non-hydrogen) atoms. The second kappa shape index (κ2) is 8.43. The number of nitrogens with one attached hydrogen (secondary N) is 1. The molecule has 2 aromatic carbocycles. The van der Waals surface area contributed by atoms with Gasteiger partial charge in [-0.15, -0.1) is 0 Å². The Balaban J connectivity index is 1.54. The van der Waals surface area contributed by atoms with Gasteiger partial charge in [-0.2, -0.15) is 5.10 Å². The first-order valence-electron chi connectivity index (χ1n) is 10.3. The number of pyridine rings is 1. The van der Waals surface area contributed by atoms with Gasteiger partial charge in [-0.25, -0.2) is 14.5 Å². The number of nitrogen functional groups attached to an aromatic ring is 1. The van der Waals surface area contributed by atoms with E-state index in [1.54, 1.807) is 16.9 Å². The third kappa shape index (κ3) is 4.22. The van der Waals surface area contributed by atoms with Crippen molar-refractivity contribution in [2.75, 3.05) is 11.1 Å². The Labute approximate surface area is 189 Å². The van der Waals surface area contributed by atoms with Crippen molar-refractivity contribution in [3.05, 3.63) is 85.2 Å². The minimum absolute atomic E-state index is 0.192. The van der Waals surface area contributed by atoms with Crippen LogP contribution >= 0.6 is 0 Å². The Kier molecular flexibility index (Phi) is 5.16. The second-order valence-corrected chi connectivity index (χ2v) is 7.40. The summed E-state index contributed by atoms with van der Waals surface area (Å²) >= 11 is 0. The minimum Gasteiger partial charge on any atom is -0.457 e. The van der Waals surface area contributed by atoms with Crippen LogP contribution in [0.5, 0.6) is 11.5 Å². The van der Waals surface area contributed by atoms with Gasteiger partial charge in [0.05, 0.1) is 11.9 Å². The topological polar surface area (TPSA) is 107 Å². The Morgan fingerprint density at radius 1 is 1.00 bits per heavy atom. The fraction of sp³-hybridized carbons (Fsp3) is 0.0400. The van der Waals surface area contributed by atoms with E-state index in [4.69, 9.17) is 10.5 Å². The van der Waals surface area contributed by atoms with Crippen molar-refractivity contribution >= 4 is 23.2 Å². The van der Waals surface area contributed by atoms with Crippen LogP contribution in [0.25, 0.3) is 28.0 Å². The highest BCUT2D eigenvalue weighted by Crippen LogP contribution is 2.37. The van der Waals surface area contributed by atoms with Crippen molar-refractivity contribution in [2.45, 2.75) is 6.92 Å². The molecule has 0 unspecified atom stereocenters. The lowest BCUT2D eigenvalue weighted by molar-refractivity contribution is -0.114. The molecule has 0 spiro atoms. The molecule has 3 heterocycles. The van der Waals surface area contributed by atoms with Gasteiger partial charge in [-0.05, 0) is 36.4 Å². The number of hydrogen-bond acceptors (Lipinski definition) is 6. The molecule has 0 atom stereocenters. The first-order valence-corrected chi connectivity index (χ1v) is 10.3. The second-order valence-electron chi connectivity index (χ2n) is 7.40. The number of aromatic nitrogens is 4. The molecule has 3 aromatic heterocycles. The Morgan fingerprint density at radius 2 is 1.79 bits per heavy atom. The Bertz CT molecular complexity index is 1460. The van der Waals surface area contributed by atoms with Crippen molar-refractivity contribution in [1.29, 1.82) is 0 Å². The van der Waals surface area contributed by atoms with E-state index in [-0.39, 0.29) is 5.91 Å². The van der Waals surface area contributed by atoms with Gasteiger partial charge in [0.15, 0.2) is 11.5 Å². The lowest BCUT2D eigenvalue weighted by Crippen LogP contribution is -2.05. The van der Waals surface area contributed by atoms with Crippen molar-refractivity contribution in [2.24, 2.45) is 0 Å². The average Bonchev–Trinajstić information content (AvgIpc) is 3.21. The zero-order valence-electron chi connectivity index (χ0n) is 17.8. The number of para-hydroxylation sites is 2. The van der Waals surface area contributed by atoms with Crippen molar-refractivity contribution in [3.8, 4) is 33.9 Å². The van der Waals surface area contributed by atoms with E-state index in [2.05, 4.69) is 20.4 Å². The largest absolute Gasteiger partial charge is 0.457 e. The van der Waals surface area contributed by atoms with Gasteiger partial charge in [0.1, 0.15) is 17.3 Å². The van der Waals surface area contributed by atoms with Gasteiger partial charge in [0, 0.05) is 29.8 Å². The number of nitrogens with zero attached hydrogens (tertiary/aromatic N) is 4. The molecular weight excluding hydrogens is 416 g/mol. The number of anilines is 2. The summed E-state index contributed by atoms with van der Waals surface area (Å²) in [5.74, 6) is 2.04. The number of hydrogen-bond donors (Lipinski definition) is 2. The summed E-state index contributed by atoms with van der Waals surface area (Å²) in [6.07, 6.45) is 3.34. The molecule has 5 aromatic rings. The van der Waals surface area contributed by atoms with Crippen LogP contribution < -0.4 is 15.8 Å². The van der Waals surface area contributed by atoms with Gasteiger partial charge in [-0.1, -0.05) is 36.4 Å². The predicted molar refractivity (Wildman–Crippen MR) is 127 cm³/mol. The molecule has 0 radical (unpaired) electrons. The molecule has 0 aliphatic heterocycles. The van der Waals surface area contributed by atoms with Crippen molar-refractivity contribution in [1.82, 2.24) is 19.6 Å². The van der Waals surface area contributed by atoms with Gasteiger partial charge >= 0.3 is 0 Å². The maximum absolute atomic E-state index is 11.3. The fourth-order valence-electron chi connectivity index (χ4n) is 3.50. The summed E-state index contributed by atoms with van der Waals surface area (Å²) < 4.78 is 7.72. The van der Waals surface area contributed by atoms with Crippen molar-refractivity contribution < 1.29 is 9.53 Å². The van der Waals surface area contributed by atoms with Crippen LogP contribution in [0.2, 0.25) is 0 Å². The maximum atomic E-state index is 11.3. The molecule has 1 amide bonds. The molecule has 5 rings (SSSR count). The smallest absolute Gasteiger partial charge is 0.222 e. The highest BCUT2D eigenvalue weighted by molar-refractivity contribution is 5.88. The molecule has 0 saturated carbocycles. The van der Waals surface area contributed by atoms with Gasteiger partial charge in [-0.3, -0.25) is 4.79 Å². The van der Waals surface area contributed by atoms with Gasteiger partial charge in [0.25, 0.3) is 0 Å². The number of rotatable bonds is 5. The molecule has 0 fully saturated rings. The van der Waals surface area contributed by atoms with Gasteiger partial charge < -0.3 is 15.8 Å². The quantitative estimate of drug-likeness (QED) is 0.410. The molecule has 8 nitrogen and oxygen atoms in total. The van der Waals surface area contributed by atoms with Crippen LogP contribution in [0.15, 0.2) is 85.2 Å². The number of benzene rings is 2. The number of amides is 1. The number of imidazole rings is 1. The minimum atomic E-state index is -0.192.